The van der Waals surface area contributed by atoms with Crippen LogP contribution in [0.2, 0.25) is 0 Å². The molecule has 0 fully saturated rings. The molecule has 0 aliphatic heterocycles. The summed E-state index contributed by atoms with van der Waals surface area (Å²) in [6.07, 6.45) is 2.26. The maximum atomic E-state index is 9.55. The fourth-order valence-electron chi connectivity index (χ4n) is 3.31. The number of guanidine groups is 1. The summed E-state index contributed by atoms with van der Waals surface area (Å²) in [5.41, 5.74) is 8.17. The molecular formula is C25H32IN7O. The first-order valence-corrected chi connectivity index (χ1v) is 11.3. The minimum Gasteiger partial charge on any atom is -0.494 e. The van der Waals surface area contributed by atoms with Gasteiger partial charge in [-0.25, -0.2) is 4.68 Å². The standard InChI is InChI=1S/C25H31N7O.HI/c1-2-28-25(30-17-10-18-33-21-13-7-4-8-14-21)29-16-9-15-23-22(19-26)24(27)32(31-23)20-11-5-3-6-12-20;/h3-8,11-14H,2,9-10,15-18,27H2,1H3,(H2,28,29,30);1H. The zero-order chi connectivity index (χ0) is 23.3. The number of hydrogen-bond acceptors (Lipinski definition) is 5. The molecule has 0 unspecified atom stereocenters. The predicted molar refractivity (Wildman–Crippen MR) is 147 cm³/mol. The summed E-state index contributed by atoms with van der Waals surface area (Å²) in [5.74, 6) is 2.02. The maximum Gasteiger partial charge on any atom is 0.191 e. The predicted octanol–water partition coefficient (Wildman–Crippen LogP) is 3.90. The Balaban J connectivity index is 0.00000408. The number of nitrogens with zero attached hydrogens (tertiary/aromatic N) is 4. The lowest BCUT2D eigenvalue weighted by Crippen LogP contribution is -2.38. The molecule has 180 valence electrons. The van der Waals surface area contributed by atoms with Crippen molar-refractivity contribution in [2.75, 3.05) is 32.0 Å². The molecule has 0 aliphatic rings. The van der Waals surface area contributed by atoms with Crippen LogP contribution in [0, 0.1) is 11.3 Å². The first-order chi connectivity index (χ1) is 16.2. The van der Waals surface area contributed by atoms with E-state index in [0.29, 0.717) is 43.2 Å². The van der Waals surface area contributed by atoms with Gasteiger partial charge in [0.2, 0.25) is 0 Å². The lowest BCUT2D eigenvalue weighted by molar-refractivity contribution is 0.313. The number of rotatable bonds is 11. The van der Waals surface area contributed by atoms with Crippen LogP contribution in [0.25, 0.3) is 5.69 Å². The summed E-state index contributed by atoms with van der Waals surface area (Å²) >= 11 is 0. The smallest absolute Gasteiger partial charge is 0.191 e. The van der Waals surface area contributed by atoms with E-state index in [-0.39, 0.29) is 24.0 Å². The number of aromatic nitrogens is 2. The third-order valence-electron chi connectivity index (χ3n) is 4.92. The molecule has 8 nitrogen and oxygen atoms in total. The normalized spacial score (nSPS) is 10.8. The Kier molecular flexibility index (Phi) is 11.7. The highest BCUT2D eigenvalue weighted by Crippen LogP contribution is 2.21. The molecule has 3 rings (SSSR count). The maximum absolute atomic E-state index is 9.55. The Morgan fingerprint density at radius 2 is 1.79 bits per heavy atom. The molecule has 0 radical (unpaired) electrons. The van der Waals surface area contributed by atoms with Crippen LogP contribution in [0.15, 0.2) is 65.7 Å². The molecule has 3 aromatic rings. The van der Waals surface area contributed by atoms with E-state index in [1.165, 1.54) is 0 Å². The molecule has 1 heterocycles. The first kappa shape index (κ1) is 27.0. The van der Waals surface area contributed by atoms with Gasteiger partial charge in [0.05, 0.1) is 18.0 Å². The van der Waals surface area contributed by atoms with Crippen molar-refractivity contribution in [2.45, 2.75) is 26.2 Å². The molecule has 1 aromatic heterocycles. The molecule has 0 saturated heterocycles. The van der Waals surface area contributed by atoms with E-state index < -0.39 is 0 Å². The van der Waals surface area contributed by atoms with Crippen molar-refractivity contribution < 1.29 is 4.74 Å². The van der Waals surface area contributed by atoms with E-state index in [1.807, 2.05) is 67.6 Å². The Hall–Kier alpha value is -3.26. The van der Waals surface area contributed by atoms with Crippen LogP contribution >= 0.6 is 24.0 Å². The summed E-state index contributed by atoms with van der Waals surface area (Å²) < 4.78 is 7.33. The van der Waals surface area contributed by atoms with E-state index in [4.69, 9.17) is 10.5 Å². The number of aliphatic imine (C=N–C) groups is 1. The minimum atomic E-state index is 0. The molecule has 0 spiro atoms. The second-order valence-electron chi connectivity index (χ2n) is 7.37. The van der Waals surface area contributed by atoms with Gasteiger partial charge in [-0.1, -0.05) is 36.4 Å². The van der Waals surface area contributed by atoms with Gasteiger partial charge in [0, 0.05) is 26.1 Å². The molecule has 0 saturated carbocycles. The first-order valence-electron chi connectivity index (χ1n) is 11.3. The summed E-state index contributed by atoms with van der Waals surface area (Å²) in [6.45, 7) is 4.81. The van der Waals surface area contributed by atoms with Crippen molar-refractivity contribution in [1.29, 1.82) is 5.26 Å². The number of hydrogen-bond donors (Lipinski definition) is 3. The Morgan fingerprint density at radius 3 is 2.47 bits per heavy atom. The number of benzene rings is 2. The highest BCUT2D eigenvalue weighted by atomic mass is 127. The largest absolute Gasteiger partial charge is 0.494 e. The van der Waals surface area contributed by atoms with Crippen LogP contribution in [0.3, 0.4) is 0 Å². The van der Waals surface area contributed by atoms with Crippen molar-refractivity contribution in [3.63, 3.8) is 0 Å². The Bertz CT molecular complexity index is 1060. The molecule has 34 heavy (non-hydrogen) atoms. The van der Waals surface area contributed by atoms with Crippen LogP contribution in [-0.4, -0.2) is 42.0 Å². The fourth-order valence-corrected chi connectivity index (χ4v) is 3.31. The number of ether oxygens (including phenoxy) is 1. The van der Waals surface area contributed by atoms with Crippen LogP contribution in [0.5, 0.6) is 5.75 Å². The van der Waals surface area contributed by atoms with E-state index in [2.05, 4.69) is 26.8 Å². The molecule has 0 aliphatic carbocycles. The number of nitrogens with one attached hydrogen (secondary N) is 2. The molecule has 9 heteroatoms. The number of aryl methyl sites for hydroxylation is 1. The van der Waals surface area contributed by atoms with Crippen molar-refractivity contribution in [3.05, 3.63) is 71.9 Å². The second-order valence-corrected chi connectivity index (χ2v) is 7.37. The monoisotopic (exact) mass is 573 g/mol. The fraction of sp³-hybridized carbons (Fsp3) is 0.320. The topological polar surface area (TPSA) is 113 Å². The zero-order valence-corrected chi connectivity index (χ0v) is 21.7. The van der Waals surface area contributed by atoms with Crippen LogP contribution in [-0.2, 0) is 6.42 Å². The lowest BCUT2D eigenvalue weighted by Gasteiger charge is -2.11. The van der Waals surface area contributed by atoms with Gasteiger partial charge in [0.15, 0.2) is 5.96 Å². The van der Waals surface area contributed by atoms with Gasteiger partial charge in [-0.2, -0.15) is 10.4 Å². The van der Waals surface area contributed by atoms with Gasteiger partial charge in [0.1, 0.15) is 23.2 Å². The number of para-hydroxylation sites is 2. The number of nitrogens with two attached hydrogens (primary N) is 1. The van der Waals surface area contributed by atoms with Crippen LogP contribution in [0.4, 0.5) is 5.82 Å². The van der Waals surface area contributed by atoms with Gasteiger partial charge in [-0.15, -0.1) is 24.0 Å². The SMILES string of the molecule is CCNC(=NCCCOc1ccccc1)NCCCc1nn(-c2ccccc2)c(N)c1C#N.I. The Labute approximate surface area is 218 Å². The quantitative estimate of drug-likeness (QED) is 0.139. The number of anilines is 1. The Morgan fingerprint density at radius 1 is 1.09 bits per heavy atom. The third kappa shape index (κ3) is 7.95. The number of nitrogen functional groups attached to an aromatic ring is 1. The van der Waals surface area contributed by atoms with Crippen molar-refractivity contribution in [1.82, 2.24) is 20.4 Å². The van der Waals surface area contributed by atoms with Crippen molar-refractivity contribution in [2.24, 2.45) is 4.99 Å². The van der Waals surface area contributed by atoms with Gasteiger partial charge >= 0.3 is 0 Å². The van der Waals surface area contributed by atoms with Gasteiger partial charge in [0.25, 0.3) is 0 Å². The summed E-state index contributed by atoms with van der Waals surface area (Å²) in [5, 5.41) is 20.7. The lowest BCUT2D eigenvalue weighted by atomic mass is 10.1. The van der Waals surface area contributed by atoms with E-state index in [9.17, 15) is 5.26 Å². The average Bonchev–Trinajstić information content (AvgIpc) is 3.17. The molecular weight excluding hydrogens is 541 g/mol. The van der Waals surface area contributed by atoms with E-state index >= 15 is 0 Å². The summed E-state index contributed by atoms with van der Waals surface area (Å²) in [4.78, 5) is 4.60. The molecule has 4 N–H and O–H groups in total. The number of halogens is 1. The highest BCUT2D eigenvalue weighted by molar-refractivity contribution is 14.0. The summed E-state index contributed by atoms with van der Waals surface area (Å²) in [6, 6.07) is 21.6. The van der Waals surface area contributed by atoms with E-state index in [0.717, 1.165) is 36.8 Å². The van der Waals surface area contributed by atoms with Crippen molar-refractivity contribution >= 4 is 35.8 Å². The van der Waals surface area contributed by atoms with Crippen LogP contribution < -0.4 is 21.1 Å². The third-order valence-corrected chi connectivity index (χ3v) is 4.92. The van der Waals surface area contributed by atoms with Gasteiger partial charge < -0.3 is 21.1 Å². The molecule has 0 amide bonds. The second kappa shape index (κ2) is 14.8. The molecule has 0 atom stereocenters. The average molecular weight is 573 g/mol. The number of nitriles is 1. The van der Waals surface area contributed by atoms with Crippen LogP contribution in [0.1, 0.15) is 31.0 Å². The highest BCUT2D eigenvalue weighted by Gasteiger charge is 2.16. The zero-order valence-electron chi connectivity index (χ0n) is 19.4. The minimum absolute atomic E-state index is 0. The summed E-state index contributed by atoms with van der Waals surface area (Å²) in [7, 11) is 0. The van der Waals surface area contributed by atoms with Gasteiger partial charge in [-0.05, 0) is 44.0 Å². The van der Waals surface area contributed by atoms with Crippen molar-refractivity contribution in [3.8, 4) is 17.5 Å². The molecule has 2 aromatic carbocycles. The molecule has 0 bridgehead atoms. The van der Waals surface area contributed by atoms with Gasteiger partial charge in [-0.3, -0.25) is 4.99 Å². The van der Waals surface area contributed by atoms with E-state index in [1.54, 1.807) is 4.68 Å².